The van der Waals surface area contributed by atoms with E-state index in [0.717, 1.165) is 43.5 Å². The molecule has 12 heteroatoms. The molecule has 3 rings (SSSR count). The number of likely N-dealkylation sites (N-methyl/N-ethyl adjacent to an activating group) is 1. The van der Waals surface area contributed by atoms with E-state index < -0.39 is 23.8 Å². The summed E-state index contributed by atoms with van der Waals surface area (Å²) in [7, 11) is 1.85. The van der Waals surface area contributed by atoms with Gasteiger partial charge in [0.15, 0.2) is 0 Å². The maximum atomic E-state index is 14.0. The average molecular weight is 595 g/mol. The van der Waals surface area contributed by atoms with Crippen LogP contribution in [0.2, 0.25) is 0 Å². The summed E-state index contributed by atoms with van der Waals surface area (Å²) in [5.74, 6) is -0.0841. The van der Waals surface area contributed by atoms with E-state index in [-0.39, 0.29) is 47.6 Å². The summed E-state index contributed by atoms with van der Waals surface area (Å²) in [6.07, 6.45) is -2.34. The van der Waals surface area contributed by atoms with E-state index >= 15 is 0 Å². The molecule has 2 aromatic rings. The first kappa shape index (κ1) is 33.2. The molecule has 1 aliphatic rings. The van der Waals surface area contributed by atoms with Crippen LogP contribution in [0.3, 0.4) is 0 Å². The molecule has 0 unspecified atom stereocenters. The quantitative estimate of drug-likeness (QED) is 0.358. The van der Waals surface area contributed by atoms with Crippen LogP contribution >= 0.6 is 0 Å². The Morgan fingerprint density at radius 3 is 2.40 bits per heavy atom. The largest absolute Gasteiger partial charge is 0.490 e. The molecule has 9 nitrogen and oxygen atoms in total. The summed E-state index contributed by atoms with van der Waals surface area (Å²) < 4.78 is 50.9. The fourth-order valence-electron chi connectivity index (χ4n) is 4.73. The maximum absolute atomic E-state index is 14.0. The number of urea groups is 1. The Kier molecular flexibility index (Phi) is 12.0. The number of halogens is 3. The highest BCUT2D eigenvalue weighted by Crippen LogP contribution is 2.31. The van der Waals surface area contributed by atoms with E-state index in [9.17, 15) is 27.9 Å². The van der Waals surface area contributed by atoms with Gasteiger partial charge in [-0.3, -0.25) is 4.79 Å². The Bertz CT molecular complexity index is 1180. The lowest BCUT2D eigenvalue weighted by Gasteiger charge is -2.34. The van der Waals surface area contributed by atoms with Gasteiger partial charge in [0.25, 0.3) is 5.91 Å². The van der Waals surface area contributed by atoms with Crippen molar-refractivity contribution < 1.29 is 37.3 Å². The molecule has 3 amide bonds. The van der Waals surface area contributed by atoms with Gasteiger partial charge in [0.2, 0.25) is 0 Å². The van der Waals surface area contributed by atoms with Gasteiger partial charge >= 0.3 is 12.2 Å². The van der Waals surface area contributed by atoms with E-state index in [4.69, 9.17) is 9.47 Å². The molecule has 0 saturated carbocycles. The van der Waals surface area contributed by atoms with Gasteiger partial charge in [-0.05, 0) is 82.6 Å². The third-order valence-corrected chi connectivity index (χ3v) is 7.18. The molecule has 1 heterocycles. The zero-order valence-electron chi connectivity index (χ0n) is 24.5. The first-order chi connectivity index (χ1) is 19.9. The van der Waals surface area contributed by atoms with Gasteiger partial charge in [-0.1, -0.05) is 6.92 Å². The molecule has 42 heavy (non-hydrogen) atoms. The van der Waals surface area contributed by atoms with Crippen LogP contribution in [0, 0.1) is 5.92 Å². The van der Waals surface area contributed by atoms with Crippen molar-refractivity contribution in [1.29, 1.82) is 0 Å². The highest BCUT2D eigenvalue weighted by Gasteiger charge is 2.31. The Morgan fingerprint density at radius 2 is 1.76 bits per heavy atom. The molecule has 0 radical (unpaired) electrons. The van der Waals surface area contributed by atoms with Crippen molar-refractivity contribution in [2.24, 2.45) is 5.92 Å². The highest BCUT2D eigenvalue weighted by atomic mass is 19.4. The van der Waals surface area contributed by atoms with Crippen LogP contribution in [0.5, 0.6) is 5.75 Å². The Balaban J connectivity index is 1.89. The predicted octanol–water partition coefficient (Wildman–Crippen LogP) is 5.36. The molecule has 4 N–H and O–H groups in total. The number of anilines is 2. The molecule has 0 aliphatic carbocycles. The molecule has 1 aliphatic heterocycles. The summed E-state index contributed by atoms with van der Waals surface area (Å²) >= 11 is 0. The molecular weight excluding hydrogens is 553 g/mol. The number of nitrogens with zero attached hydrogens (tertiary/aromatic N) is 1. The number of ether oxygens (including phenoxy) is 2. The van der Waals surface area contributed by atoms with Crippen LogP contribution in [0.15, 0.2) is 42.5 Å². The van der Waals surface area contributed by atoms with Crippen LogP contribution in [0.1, 0.15) is 56.0 Å². The van der Waals surface area contributed by atoms with Gasteiger partial charge in [0, 0.05) is 37.0 Å². The normalized spacial score (nSPS) is 21.5. The van der Waals surface area contributed by atoms with Crippen molar-refractivity contribution in [2.75, 3.05) is 44.0 Å². The standard InChI is InChI=1S/C30H41F3N4O5/c1-19-17-37(20(2)18-38)28(39)25-15-24(36-29(40)35-23-10-8-22(9-11-23)30(31,32)33)12-13-26(25)42-21(3)7-5-6-14-41-27(19)16-34-4/h8-13,15,19-21,27,34,38H,5-7,14,16-18H2,1-4H3,(H2,35,36,40)/t19-,20+,21+,27+/m1/s1. The highest BCUT2D eigenvalue weighted by molar-refractivity contribution is 6.02. The first-order valence-electron chi connectivity index (χ1n) is 14.2. The number of aliphatic hydroxyl groups excluding tert-OH is 1. The second-order valence-electron chi connectivity index (χ2n) is 10.7. The molecule has 0 fully saturated rings. The zero-order valence-corrected chi connectivity index (χ0v) is 24.5. The lowest BCUT2D eigenvalue weighted by Crippen LogP contribution is -2.47. The smallest absolute Gasteiger partial charge is 0.416 e. The summed E-state index contributed by atoms with van der Waals surface area (Å²) in [5, 5.41) is 18.3. The van der Waals surface area contributed by atoms with E-state index in [1.165, 1.54) is 6.07 Å². The minimum atomic E-state index is -4.48. The first-order valence-corrected chi connectivity index (χ1v) is 14.2. The van der Waals surface area contributed by atoms with Gasteiger partial charge in [-0.15, -0.1) is 0 Å². The molecule has 0 spiro atoms. The van der Waals surface area contributed by atoms with Crippen LogP contribution in [0.4, 0.5) is 29.3 Å². The third kappa shape index (κ3) is 9.33. The summed E-state index contributed by atoms with van der Waals surface area (Å²) in [6, 6.07) is 7.58. The lowest BCUT2D eigenvalue weighted by molar-refractivity contribution is -0.137. The molecular formula is C30H41F3N4O5. The van der Waals surface area contributed by atoms with E-state index in [0.29, 0.717) is 25.4 Å². The molecule has 2 aromatic carbocycles. The molecule has 0 aromatic heterocycles. The topological polar surface area (TPSA) is 112 Å². The minimum Gasteiger partial charge on any atom is -0.490 e. The number of hydrogen-bond acceptors (Lipinski definition) is 6. The second kappa shape index (κ2) is 15.2. The van der Waals surface area contributed by atoms with Crippen molar-refractivity contribution in [3.8, 4) is 5.75 Å². The minimum absolute atomic E-state index is 0.0579. The van der Waals surface area contributed by atoms with Crippen LogP contribution in [-0.2, 0) is 10.9 Å². The summed E-state index contributed by atoms with van der Waals surface area (Å²) in [6.45, 7) is 6.93. The fraction of sp³-hybridized carbons (Fsp3) is 0.533. The van der Waals surface area contributed by atoms with Crippen molar-refractivity contribution in [3.63, 3.8) is 0 Å². The van der Waals surface area contributed by atoms with E-state index in [1.807, 2.05) is 20.9 Å². The zero-order chi connectivity index (χ0) is 30.9. The SMILES string of the molecule is CNC[C@@H]1OCCCC[C@H](C)Oc2ccc(NC(=O)Nc3ccc(C(F)(F)F)cc3)cc2C(=O)N([C@@H](C)CO)C[C@H]1C. The fourth-order valence-corrected chi connectivity index (χ4v) is 4.73. The van der Waals surface area contributed by atoms with Gasteiger partial charge in [0.1, 0.15) is 5.75 Å². The molecule has 0 bridgehead atoms. The molecule has 4 atom stereocenters. The van der Waals surface area contributed by atoms with Crippen molar-refractivity contribution in [1.82, 2.24) is 10.2 Å². The van der Waals surface area contributed by atoms with Crippen LogP contribution in [-0.4, -0.2) is 73.5 Å². The Labute approximate surface area is 244 Å². The van der Waals surface area contributed by atoms with E-state index in [1.54, 1.807) is 24.0 Å². The number of amides is 3. The number of aliphatic hydroxyl groups is 1. The summed E-state index contributed by atoms with van der Waals surface area (Å²) in [5.41, 5.74) is -0.163. The second-order valence-corrected chi connectivity index (χ2v) is 10.7. The van der Waals surface area contributed by atoms with Gasteiger partial charge < -0.3 is 35.4 Å². The Hall–Kier alpha value is -3.35. The predicted molar refractivity (Wildman–Crippen MR) is 155 cm³/mol. The Morgan fingerprint density at radius 1 is 1.10 bits per heavy atom. The summed E-state index contributed by atoms with van der Waals surface area (Å²) in [4.78, 5) is 28.3. The number of hydrogen-bond donors (Lipinski definition) is 4. The van der Waals surface area contributed by atoms with Gasteiger partial charge in [-0.25, -0.2) is 4.79 Å². The maximum Gasteiger partial charge on any atom is 0.416 e. The van der Waals surface area contributed by atoms with Crippen molar-refractivity contribution in [3.05, 3.63) is 53.6 Å². The number of benzene rings is 2. The van der Waals surface area contributed by atoms with E-state index in [2.05, 4.69) is 16.0 Å². The monoisotopic (exact) mass is 594 g/mol. The molecule has 232 valence electrons. The van der Waals surface area contributed by atoms with Gasteiger partial charge in [0.05, 0.1) is 36.0 Å². The van der Waals surface area contributed by atoms with Crippen LogP contribution < -0.4 is 20.7 Å². The lowest BCUT2D eigenvalue weighted by atomic mass is 10.0. The number of carbonyl (C=O) groups is 2. The van der Waals surface area contributed by atoms with Crippen molar-refractivity contribution >= 4 is 23.3 Å². The average Bonchev–Trinajstić information content (AvgIpc) is 2.94. The van der Waals surface area contributed by atoms with Crippen molar-refractivity contribution in [2.45, 2.75) is 64.5 Å². The number of fused-ring (bicyclic) bond motifs is 1. The number of nitrogens with one attached hydrogen (secondary N) is 3. The number of alkyl halides is 3. The molecule has 0 saturated heterocycles. The van der Waals surface area contributed by atoms with Crippen LogP contribution in [0.25, 0.3) is 0 Å². The third-order valence-electron chi connectivity index (χ3n) is 7.18. The number of rotatable bonds is 6. The van der Waals surface area contributed by atoms with Gasteiger partial charge in [-0.2, -0.15) is 13.2 Å². The number of carbonyl (C=O) groups excluding carboxylic acids is 2.